The zero-order valence-corrected chi connectivity index (χ0v) is 12.6. The molecule has 1 heterocycles. The SMILES string of the molecule is CCC=CC[C@@H]1O[C@H](C)C[C@@H]1OC(=O)OC(C)(C)C. The lowest BCUT2D eigenvalue weighted by Gasteiger charge is -2.22. The van der Waals surface area contributed by atoms with E-state index in [4.69, 9.17) is 14.2 Å². The summed E-state index contributed by atoms with van der Waals surface area (Å²) in [5.41, 5.74) is -0.528. The average molecular weight is 270 g/mol. The lowest BCUT2D eigenvalue weighted by Crippen LogP contribution is -2.31. The fourth-order valence-electron chi connectivity index (χ4n) is 2.05. The Labute approximate surface area is 116 Å². The van der Waals surface area contributed by atoms with Crippen LogP contribution in [0, 0.1) is 0 Å². The van der Waals surface area contributed by atoms with Crippen molar-refractivity contribution in [3.8, 4) is 0 Å². The Morgan fingerprint density at radius 3 is 2.63 bits per heavy atom. The van der Waals surface area contributed by atoms with E-state index in [0.29, 0.717) is 0 Å². The fourth-order valence-corrected chi connectivity index (χ4v) is 2.05. The van der Waals surface area contributed by atoms with Crippen LogP contribution in [0.15, 0.2) is 12.2 Å². The number of carbonyl (C=O) groups is 1. The molecule has 0 bridgehead atoms. The Balaban J connectivity index is 2.49. The Hall–Kier alpha value is -1.03. The summed E-state index contributed by atoms with van der Waals surface area (Å²) in [7, 11) is 0. The molecule has 0 aromatic heterocycles. The number of hydrogen-bond acceptors (Lipinski definition) is 4. The molecule has 0 saturated carbocycles. The molecule has 0 aromatic rings. The van der Waals surface area contributed by atoms with Crippen molar-refractivity contribution in [1.82, 2.24) is 0 Å². The zero-order chi connectivity index (χ0) is 14.5. The molecule has 0 amide bonds. The van der Waals surface area contributed by atoms with Gasteiger partial charge in [0.1, 0.15) is 11.7 Å². The minimum absolute atomic E-state index is 0.0645. The molecule has 110 valence electrons. The van der Waals surface area contributed by atoms with Crippen LogP contribution in [0.4, 0.5) is 4.79 Å². The van der Waals surface area contributed by atoms with Gasteiger partial charge in [-0.2, -0.15) is 0 Å². The third kappa shape index (κ3) is 6.10. The summed E-state index contributed by atoms with van der Waals surface area (Å²) in [6.07, 6.45) is 5.89. The number of carbonyl (C=O) groups excluding carboxylic acids is 1. The maximum Gasteiger partial charge on any atom is 0.509 e. The van der Waals surface area contributed by atoms with E-state index in [-0.39, 0.29) is 18.3 Å². The number of allylic oxidation sites excluding steroid dienone is 1. The summed E-state index contributed by atoms with van der Waals surface area (Å²) >= 11 is 0. The van der Waals surface area contributed by atoms with E-state index < -0.39 is 11.8 Å². The number of hydrogen-bond donors (Lipinski definition) is 0. The molecular weight excluding hydrogens is 244 g/mol. The van der Waals surface area contributed by atoms with Crippen LogP contribution in [0.3, 0.4) is 0 Å². The number of rotatable bonds is 4. The second-order valence-corrected chi connectivity index (χ2v) is 5.96. The highest BCUT2D eigenvalue weighted by Crippen LogP contribution is 2.26. The van der Waals surface area contributed by atoms with Crippen LogP contribution < -0.4 is 0 Å². The molecule has 0 aliphatic carbocycles. The first kappa shape index (κ1) is 16.0. The molecule has 19 heavy (non-hydrogen) atoms. The predicted octanol–water partition coefficient (Wildman–Crippen LogP) is 3.84. The van der Waals surface area contributed by atoms with Crippen molar-refractivity contribution in [2.24, 2.45) is 0 Å². The standard InChI is InChI=1S/C15H26O4/c1-6-7-8-9-12-13(10-11(2)17-12)18-14(16)19-15(3,4)5/h7-8,11-13H,6,9-10H2,1-5H3/t11-,12+,13+/m1/s1. The van der Waals surface area contributed by atoms with Gasteiger partial charge in [0, 0.05) is 6.42 Å². The van der Waals surface area contributed by atoms with Gasteiger partial charge < -0.3 is 14.2 Å². The molecule has 0 aromatic carbocycles. The van der Waals surface area contributed by atoms with E-state index in [2.05, 4.69) is 19.1 Å². The highest BCUT2D eigenvalue weighted by Gasteiger charge is 2.36. The molecule has 1 fully saturated rings. The van der Waals surface area contributed by atoms with Crippen molar-refractivity contribution < 1.29 is 19.0 Å². The van der Waals surface area contributed by atoms with Crippen molar-refractivity contribution in [2.45, 2.75) is 77.8 Å². The lowest BCUT2D eigenvalue weighted by atomic mass is 10.1. The monoisotopic (exact) mass is 270 g/mol. The van der Waals surface area contributed by atoms with Gasteiger partial charge >= 0.3 is 6.16 Å². The molecule has 0 unspecified atom stereocenters. The lowest BCUT2D eigenvalue weighted by molar-refractivity contribution is -0.0463. The van der Waals surface area contributed by atoms with Gasteiger partial charge in [-0.05, 0) is 40.5 Å². The van der Waals surface area contributed by atoms with E-state index in [1.165, 1.54) is 0 Å². The van der Waals surface area contributed by atoms with Gasteiger partial charge in [-0.1, -0.05) is 19.1 Å². The summed E-state index contributed by atoms with van der Waals surface area (Å²) < 4.78 is 16.3. The maximum atomic E-state index is 11.7. The molecule has 1 rings (SSSR count). The Kier molecular flexibility index (Phi) is 5.85. The number of ether oxygens (including phenoxy) is 3. The van der Waals surface area contributed by atoms with Gasteiger partial charge in [-0.15, -0.1) is 0 Å². The average Bonchev–Trinajstić information content (AvgIpc) is 2.56. The Bertz CT molecular complexity index is 317. The van der Waals surface area contributed by atoms with Crippen molar-refractivity contribution in [3.05, 3.63) is 12.2 Å². The normalized spacial score (nSPS) is 27.7. The van der Waals surface area contributed by atoms with Crippen LogP contribution in [-0.2, 0) is 14.2 Å². The molecule has 0 spiro atoms. The second kappa shape index (κ2) is 6.94. The predicted molar refractivity (Wildman–Crippen MR) is 74.1 cm³/mol. The molecule has 3 atom stereocenters. The summed E-state index contributed by atoms with van der Waals surface area (Å²) in [6, 6.07) is 0. The Morgan fingerprint density at radius 1 is 1.37 bits per heavy atom. The first-order valence-corrected chi connectivity index (χ1v) is 7.02. The van der Waals surface area contributed by atoms with Crippen LogP contribution in [0.1, 0.15) is 53.9 Å². The molecular formula is C15H26O4. The molecule has 4 nitrogen and oxygen atoms in total. The minimum Gasteiger partial charge on any atom is -0.429 e. The molecule has 0 N–H and O–H groups in total. The minimum atomic E-state index is -0.611. The van der Waals surface area contributed by atoms with Crippen molar-refractivity contribution in [3.63, 3.8) is 0 Å². The van der Waals surface area contributed by atoms with E-state index in [9.17, 15) is 4.79 Å². The summed E-state index contributed by atoms with van der Waals surface area (Å²) in [5.74, 6) is 0. The van der Waals surface area contributed by atoms with Crippen LogP contribution in [0.5, 0.6) is 0 Å². The largest absolute Gasteiger partial charge is 0.509 e. The first-order chi connectivity index (χ1) is 8.81. The maximum absolute atomic E-state index is 11.7. The second-order valence-electron chi connectivity index (χ2n) is 5.96. The van der Waals surface area contributed by atoms with E-state index >= 15 is 0 Å². The summed E-state index contributed by atoms with van der Waals surface area (Å²) in [6.45, 7) is 9.55. The third-order valence-corrected chi connectivity index (χ3v) is 2.79. The zero-order valence-electron chi connectivity index (χ0n) is 12.6. The first-order valence-electron chi connectivity index (χ1n) is 7.02. The van der Waals surface area contributed by atoms with Gasteiger partial charge in [0.15, 0.2) is 0 Å². The topological polar surface area (TPSA) is 44.8 Å². The van der Waals surface area contributed by atoms with E-state index in [1.807, 2.05) is 27.7 Å². The molecule has 4 heteroatoms. The molecule has 1 saturated heterocycles. The van der Waals surface area contributed by atoms with Crippen molar-refractivity contribution in [1.29, 1.82) is 0 Å². The third-order valence-electron chi connectivity index (χ3n) is 2.79. The highest BCUT2D eigenvalue weighted by atomic mass is 16.7. The van der Waals surface area contributed by atoms with E-state index in [0.717, 1.165) is 19.3 Å². The smallest absolute Gasteiger partial charge is 0.429 e. The summed E-state index contributed by atoms with van der Waals surface area (Å²) in [4.78, 5) is 11.7. The van der Waals surface area contributed by atoms with Gasteiger partial charge in [0.2, 0.25) is 0 Å². The van der Waals surface area contributed by atoms with Crippen LogP contribution >= 0.6 is 0 Å². The van der Waals surface area contributed by atoms with Crippen molar-refractivity contribution in [2.75, 3.05) is 0 Å². The highest BCUT2D eigenvalue weighted by molar-refractivity contribution is 5.60. The van der Waals surface area contributed by atoms with Gasteiger partial charge in [0.05, 0.1) is 12.2 Å². The molecule has 1 aliphatic rings. The summed E-state index contributed by atoms with van der Waals surface area (Å²) in [5, 5.41) is 0. The quantitative estimate of drug-likeness (QED) is 0.575. The Morgan fingerprint density at radius 2 is 2.05 bits per heavy atom. The van der Waals surface area contributed by atoms with Crippen LogP contribution in [0.2, 0.25) is 0 Å². The fraction of sp³-hybridized carbons (Fsp3) is 0.800. The molecule has 0 radical (unpaired) electrons. The van der Waals surface area contributed by atoms with Gasteiger partial charge in [0.25, 0.3) is 0 Å². The molecule has 1 aliphatic heterocycles. The van der Waals surface area contributed by atoms with Crippen molar-refractivity contribution >= 4 is 6.16 Å². The van der Waals surface area contributed by atoms with Crippen LogP contribution in [-0.4, -0.2) is 30.1 Å². The van der Waals surface area contributed by atoms with Gasteiger partial charge in [-0.3, -0.25) is 0 Å². The van der Waals surface area contributed by atoms with Crippen LogP contribution in [0.25, 0.3) is 0 Å². The van der Waals surface area contributed by atoms with E-state index in [1.54, 1.807) is 0 Å². The van der Waals surface area contributed by atoms with Gasteiger partial charge in [-0.25, -0.2) is 4.79 Å².